The van der Waals surface area contributed by atoms with Gasteiger partial charge in [-0.1, -0.05) is 50.2 Å². The molecule has 0 aromatic heterocycles. The first kappa shape index (κ1) is 12.0. The fourth-order valence-electron chi connectivity index (χ4n) is 4.62. The van der Waals surface area contributed by atoms with E-state index >= 15 is 0 Å². The minimum Gasteiger partial charge on any atom is -0.634 e. The molecule has 100 valence electrons. The van der Waals surface area contributed by atoms with Gasteiger partial charge in [-0.25, -0.2) is 0 Å². The van der Waals surface area contributed by atoms with Crippen LogP contribution < -0.4 is 5.23 Å². The van der Waals surface area contributed by atoms with Crippen LogP contribution in [0.25, 0.3) is 0 Å². The van der Waals surface area contributed by atoms with Crippen LogP contribution in [0, 0.1) is 0 Å². The minimum atomic E-state index is -1.18. The fourth-order valence-corrected chi connectivity index (χ4v) is 4.62. The van der Waals surface area contributed by atoms with Crippen molar-refractivity contribution in [3.8, 4) is 0 Å². The van der Waals surface area contributed by atoms with Crippen LogP contribution >= 0.6 is 0 Å². The van der Waals surface area contributed by atoms with Crippen molar-refractivity contribution in [2.75, 3.05) is 0 Å². The fraction of sp³-hybridized carbons (Fsp3) is 0.833. The van der Waals surface area contributed by atoms with Crippen LogP contribution in [-0.2, 0) is 14.2 Å². The van der Waals surface area contributed by atoms with E-state index in [9.17, 15) is 9.59 Å². The van der Waals surface area contributed by atoms with Gasteiger partial charge < -0.3 is 15.0 Å². The average Bonchev–Trinajstić information content (AvgIpc) is 2.54. The molecule has 6 heteroatoms. The largest absolute Gasteiger partial charge is 0.634 e. The Bertz CT molecular complexity index is 364. The molecule has 0 aliphatic carbocycles. The molecule has 0 unspecified atom stereocenters. The van der Waals surface area contributed by atoms with E-state index in [1.807, 2.05) is 5.23 Å². The highest BCUT2D eigenvalue weighted by Gasteiger charge is 2.59. The Kier molecular flexibility index (Phi) is 2.85. The van der Waals surface area contributed by atoms with Crippen molar-refractivity contribution in [2.45, 2.75) is 62.6 Å². The molecule has 3 aliphatic heterocycles. The second-order valence-electron chi connectivity index (χ2n) is 6.20. The van der Waals surface area contributed by atoms with E-state index in [1.54, 1.807) is 0 Å². The Labute approximate surface area is 106 Å². The zero-order valence-electron chi connectivity index (χ0n) is 10.5. The summed E-state index contributed by atoms with van der Waals surface area (Å²) in [4.78, 5) is 22.7. The van der Waals surface area contributed by atoms with E-state index in [1.165, 1.54) is 12.8 Å². The van der Waals surface area contributed by atoms with Gasteiger partial charge in [-0.3, -0.25) is 9.59 Å². The number of carboxylic acids is 1. The topological polar surface area (TPSA) is 80.2 Å². The van der Waals surface area contributed by atoms with Gasteiger partial charge in [0.2, 0.25) is 0 Å². The third-order valence-corrected chi connectivity index (χ3v) is 5.32. The van der Waals surface area contributed by atoms with Gasteiger partial charge in [0.25, 0.3) is 0 Å². The van der Waals surface area contributed by atoms with E-state index < -0.39 is 18.5 Å². The van der Waals surface area contributed by atoms with Gasteiger partial charge in [0, 0.05) is 0 Å². The highest BCUT2D eigenvalue weighted by Crippen LogP contribution is 2.51. The van der Waals surface area contributed by atoms with E-state index in [2.05, 4.69) is 0 Å². The molecule has 1 spiro atoms. The first-order chi connectivity index (χ1) is 8.62. The van der Waals surface area contributed by atoms with Gasteiger partial charge >= 0.3 is 18.4 Å². The predicted octanol–water partition coefficient (Wildman–Crippen LogP) is 0.500. The maximum atomic E-state index is 11.9. The molecule has 0 aromatic carbocycles. The molecule has 3 fully saturated rings. The zero-order valence-corrected chi connectivity index (χ0v) is 10.5. The van der Waals surface area contributed by atoms with Crippen molar-refractivity contribution in [1.82, 2.24) is 0 Å². The maximum absolute atomic E-state index is 11.9. The smallest absolute Gasteiger partial charge is 0.389 e. The second kappa shape index (κ2) is 4.26. The summed E-state index contributed by atoms with van der Waals surface area (Å²) in [6, 6.07) is -0.510. The molecule has 3 heterocycles. The van der Waals surface area contributed by atoms with Crippen molar-refractivity contribution in [2.24, 2.45) is 0 Å². The Morgan fingerprint density at radius 3 is 2.33 bits per heavy atom. The molecule has 0 radical (unpaired) electrons. The van der Waals surface area contributed by atoms with E-state index in [0.717, 1.165) is 25.7 Å². The van der Waals surface area contributed by atoms with Gasteiger partial charge in [0.05, 0.1) is 0 Å². The van der Waals surface area contributed by atoms with Crippen LogP contribution in [0.5, 0.6) is 0 Å². The number of rotatable bonds is 2. The first-order valence-electron chi connectivity index (χ1n) is 7.09. The second-order valence-corrected chi connectivity index (χ2v) is 6.20. The number of carboxylic acid groups (broad SMARTS) is 1. The number of aliphatic carboxylic acids is 1. The maximum Gasteiger partial charge on any atom is 0.389 e. The van der Waals surface area contributed by atoms with Crippen LogP contribution in [0.15, 0.2) is 0 Å². The molecule has 0 amide bonds. The predicted molar refractivity (Wildman–Crippen MR) is 65.0 cm³/mol. The molecule has 5 nitrogen and oxygen atoms in total. The third kappa shape index (κ3) is 1.74. The minimum absolute atomic E-state index is 0.109. The summed E-state index contributed by atoms with van der Waals surface area (Å²) in [5.41, 5.74) is 0. The SMILES string of the molecule is O=C(O)C[C@@H]1[NH2+][B-]2(OC1=O)C1CCCC2CCC1. The van der Waals surface area contributed by atoms with E-state index in [0.29, 0.717) is 11.6 Å². The zero-order chi connectivity index (χ0) is 12.8. The Balaban J connectivity index is 1.83. The van der Waals surface area contributed by atoms with Gasteiger partial charge in [0.15, 0.2) is 6.04 Å². The quantitative estimate of drug-likeness (QED) is 0.702. The number of quaternary nitrogens is 1. The molecule has 3 aliphatic rings. The Hall–Kier alpha value is -1.04. The van der Waals surface area contributed by atoms with Crippen LogP contribution in [0.2, 0.25) is 11.6 Å². The van der Waals surface area contributed by atoms with E-state index in [-0.39, 0.29) is 12.4 Å². The van der Waals surface area contributed by atoms with Crippen LogP contribution in [0.4, 0.5) is 0 Å². The summed E-state index contributed by atoms with van der Waals surface area (Å²) >= 11 is 0. The lowest BCUT2D eigenvalue weighted by Crippen LogP contribution is -3.04. The summed E-state index contributed by atoms with van der Waals surface area (Å²) in [5, 5.41) is 10.9. The molecule has 0 aromatic rings. The molecule has 3 rings (SSSR count). The first-order valence-corrected chi connectivity index (χ1v) is 7.09. The molecule has 3 saturated heterocycles. The Morgan fingerprint density at radius 2 is 1.83 bits per heavy atom. The average molecular weight is 253 g/mol. The third-order valence-electron chi connectivity index (χ3n) is 5.32. The summed E-state index contributed by atoms with van der Waals surface area (Å²) in [6.45, 7) is -1.18. The highest BCUT2D eigenvalue weighted by atomic mass is 16.5. The molecule has 3 N–H and O–H groups in total. The van der Waals surface area contributed by atoms with Crippen molar-refractivity contribution >= 4 is 18.4 Å². The molecular weight excluding hydrogens is 233 g/mol. The lowest BCUT2D eigenvalue weighted by atomic mass is 9.28. The van der Waals surface area contributed by atoms with Crippen LogP contribution in [0.1, 0.15) is 44.9 Å². The lowest BCUT2D eigenvalue weighted by molar-refractivity contribution is -0.558. The number of hydrogen-bond donors (Lipinski definition) is 2. The van der Waals surface area contributed by atoms with E-state index in [4.69, 9.17) is 9.76 Å². The van der Waals surface area contributed by atoms with Crippen LogP contribution in [-0.4, -0.2) is 29.6 Å². The Morgan fingerprint density at radius 1 is 1.28 bits per heavy atom. The van der Waals surface area contributed by atoms with Crippen molar-refractivity contribution < 1.29 is 24.6 Å². The lowest BCUT2D eigenvalue weighted by Gasteiger charge is -2.50. The monoisotopic (exact) mass is 253 g/mol. The highest BCUT2D eigenvalue weighted by molar-refractivity contribution is 6.71. The van der Waals surface area contributed by atoms with Crippen molar-refractivity contribution in [1.29, 1.82) is 0 Å². The summed E-state index contributed by atoms with van der Waals surface area (Å²) in [5.74, 6) is -0.237. The number of nitrogens with two attached hydrogens (primary N) is 1. The molecule has 1 atom stereocenters. The van der Waals surface area contributed by atoms with Gasteiger partial charge in [0.1, 0.15) is 6.42 Å². The summed E-state index contributed by atoms with van der Waals surface area (Å²) in [6.07, 6.45) is 6.91. The van der Waals surface area contributed by atoms with Crippen molar-refractivity contribution in [3.63, 3.8) is 0 Å². The summed E-state index contributed by atoms with van der Waals surface area (Å²) in [7, 11) is 0. The van der Waals surface area contributed by atoms with Gasteiger partial charge in [-0.2, -0.15) is 0 Å². The molecule has 18 heavy (non-hydrogen) atoms. The van der Waals surface area contributed by atoms with Crippen LogP contribution in [0.3, 0.4) is 0 Å². The number of hydrogen-bond acceptors (Lipinski definition) is 3. The molecule has 2 bridgehead atoms. The van der Waals surface area contributed by atoms with Crippen molar-refractivity contribution in [3.05, 3.63) is 0 Å². The normalized spacial score (nSPS) is 42.9. The molecular formula is C12H20BNO4. The summed E-state index contributed by atoms with van der Waals surface area (Å²) < 4.78 is 5.78. The number of carbonyl (C=O) groups excluding carboxylic acids is 1. The number of carbonyl (C=O) groups is 2. The molecule has 0 saturated carbocycles. The van der Waals surface area contributed by atoms with Gasteiger partial charge in [-0.05, 0) is 0 Å². The standard InChI is InChI=1S/C12H20BNO4/c15-11(16)7-10-12(17)18-13(14-10)8-3-1-4-9(13)6-2-5-8/h8-10H,1-7,14H2,(H,15,16)/t8?,9?,10-,13?/m0/s1. The van der Waals surface area contributed by atoms with Gasteiger partial charge in [-0.15, -0.1) is 0 Å².